The molecule has 0 saturated heterocycles. The first-order valence-electron chi connectivity index (χ1n) is 8.57. The molecule has 0 spiro atoms. The molecule has 3 amide bonds. The van der Waals surface area contributed by atoms with Crippen LogP contribution in [-0.2, 0) is 4.79 Å². The maximum Gasteiger partial charge on any atom is 0.288 e. The topological polar surface area (TPSA) is 100 Å². The Kier molecular flexibility index (Phi) is 6.10. The van der Waals surface area contributed by atoms with E-state index in [0.717, 1.165) is 11.1 Å². The highest BCUT2D eigenvalue weighted by atomic mass is 16.2. The van der Waals surface area contributed by atoms with Gasteiger partial charge in [-0.25, -0.2) is 0 Å². The van der Waals surface area contributed by atoms with Crippen LogP contribution >= 0.6 is 0 Å². The molecule has 7 nitrogen and oxygen atoms in total. The molecule has 1 heterocycles. The van der Waals surface area contributed by atoms with E-state index in [4.69, 9.17) is 0 Å². The van der Waals surface area contributed by atoms with Crippen molar-refractivity contribution in [2.75, 3.05) is 6.54 Å². The number of hydrogen-bond donors (Lipinski definition) is 3. The lowest BCUT2D eigenvalue weighted by molar-refractivity contribution is -0.120. The van der Waals surface area contributed by atoms with Crippen LogP contribution in [-0.4, -0.2) is 29.3 Å². The van der Waals surface area contributed by atoms with Crippen molar-refractivity contribution in [3.8, 4) is 11.1 Å². The number of hydrazine groups is 1. The van der Waals surface area contributed by atoms with Gasteiger partial charge in [0.25, 0.3) is 17.7 Å². The molecule has 2 aromatic carbocycles. The highest BCUT2D eigenvalue weighted by molar-refractivity contribution is 5.97. The molecule has 1 aromatic heterocycles. The summed E-state index contributed by atoms with van der Waals surface area (Å²) >= 11 is 0. The summed E-state index contributed by atoms with van der Waals surface area (Å²) in [5.74, 6) is -1.49. The molecule has 7 heteroatoms. The Morgan fingerprint density at radius 2 is 1.39 bits per heavy atom. The van der Waals surface area contributed by atoms with E-state index in [2.05, 4.69) is 21.2 Å². The molecule has 0 radical (unpaired) electrons. The Bertz CT molecular complexity index is 958. The first-order chi connectivity index (χ1) is 13.6. The van der Waals surface area contributed by atoms with E-state index in [9.17, 15) is 14.4 Å². The normalized spacial score (nSPS) is 10.0. The number of nitrogens with one attached hydrogen (secondary N) is 3. The molecule has 0 bridgehead atoms. The molecule has 3 rings (SSSR count). The van der Waals surface area contributed by atoms with E-state index in [0.29, 0.717) is 5.56 Å². The van der Waals surface area contributed by atoms with E-state index in [-0.39, 0.29) is 18.1 Å². The Morgan fingerprint density at radius 1 is 0.714 bits per heavy atom. The summed E-state index contributed by atoms with van der Waals surface area (Å²) in [7, 11) is 0. The lowest BCUT2D eigenvalue weighted by atomic mass is 10.0. The minimum Gasteiger partial charge on any atom is -0.343 e. The van der Waals surface area contributed by atoms with Gasteiger partial charge in [0, 0.05) is 11.8 Å². The van der Waals surface area contributed by atoms with Crippen molar-refractivity contribution in [3.63, 3.8) is 0 Å². The van der Waals surface area contributed by atoms with Crippen molar-refractivity contribution in [3.05, 3.63) is 90.3 Å². The third kappa shape index (κ3) is 5.01. The SMILES string of the molecule is O=C(CNC(=O)c1ccc(-c2ccccc2)cc1)NNC(=O)c1ccccn1. The van der Waals surface area contributed by atoms with Gasteiger partial charge in [0.1, 0.15) is 5.69 Å². The third-order valence-corrected chi connectivity index (χ3v) is 3.88. The molecular weight excluding hydrogens is 356 g/mol. The fraction of sp³-hybridized carbons (Fsp3) is 0.0476. The number of hydrogen-bond acceptors (Lipinski definition) is 4. The molecule has 140 valence electrons. The first-order valence-corrected chi connectivity index (χ1v) is 8.57. The lowest BCUT2D eigenvalue weighted by Crippen LogP contribution is -2.46. The zero-order valence-electron chi connectivity index (χ0n) is 14.9. The number of aromatic nitrogens is 1. The second-order valence-electron chi connectivity index (χ2n) is 5.84. The third-order valence-electron chi connectivity index (χ3n) is 3.88. The van der Waals surface area contributed by atoms with Crippen molar-refractivity contribution in [2.45, 2.75) is 0 Å². The second-order valence-corrected chi connectivity index (χ2v) is 5.84. The van der Waals surface area contributed by atoms with Crippen LogP contribution in [0.3, 0.4) is 0 Å². The van der Waals surface area contributed by atoms with Gasteiger partial charge in [-0.15, -0.1) is 0 Å². The summed E-state index contributed by atoms with van der Waals surface area (Å²) in [6.07, 6.45) is 1.47. The van der Waals surface area contributed by atoms with Crippen LogP contribution in [0.5, 0.6) is 0 Å². The fourth-order valence-corrected chi connectivity index (χ4v) is 2.44. The number of rotatable bonds is 5. The number of carbonyl (C=O) groups excluding carboxylic acids is 3. The van der Waals surface area contributed by atoms with Gasteiger partial charge in [0.15, 0.2) is 0 Å². The molecule has 3 N–H and O–H groups in total. The van der Waals surface area contributed by atoms with Gasteiger partial charge in [-0.05, 0) is 35.4 Å². The lowest BCUT2D eigenvalue weighted by Gasteiger charge is -2.08. The van der Waals surface area contributed by atoms with Gasteiger partial charge in [-0.3, -0.25) is 30.2 Å². The second kappa shape index (κ2) is 9.09. The number of amides is 3. The van der Waals surface area contributed by atoms with Crippen molar-refractivity contribution in [2.24, 2.45) is 0 Å². The van der Waals surface area contributed by atoms with E-state index in [1.807, 2.05) is 42.5 Å². The van der Waals surface area contributed by atoms with E-state index < -0.39 is 11.8 Å². The summed E-state index contributed by atoms with van der Waals surface area (Å²) in [4.78, 5) is 39.6. The summed E-state index contributed by atoms with van der Waals surface area (Å²) in [5.41, 5.74) is 7.11. The van der Waals surface area contributed by atoms with Gasteiger partial charge in [-0.2, -0.15) is 0 Å². The van der Waals surface area contributed by atoms with Gasteiger partial charge < -0.3 is 5.32 Å². The smallest absolute Gasteiger partial charge is 0.288 e. The van der Waals surface area contributed by atoms with Crippen LogP contribution in [0.4, 0.5) is 0 Å². The average Bonchev–Trinajstić information content (AvgIpc) is 2.77. The molecule has 0 saturated carbocycles. The van der Waals surface area contributed by atoms with Crippen molar-refractivity contribution < 1.29 is 14.4 Å². The Labute approximate surface area is 161 Å². The molecule has 0 fully saturated rings. The number of benzene rings is 2. The molecule has 0 aliphatic rings. The predicted molar refractivity (Wildman–Crippen MR) is 104 cm³/mol. The van der Waals surface area contributed by atoms with Crippen LogP contribution in [0.15, 0.2) is 79.0 Å². The maximum absolute atomic E-state index is 12.2. The van der Waals surface area contributed by atoms with E-state index in [1.54, 1.807) is 24.3 Å². The summed E-state index contributed by atoms with van der Waals surface area (Å²) in [5, 5.41) is 2.50. The average molecular weight is 374 g/mol. The van der Waals surface area contributed by atoms with Gasteiger partial charge in [-0.1, -0.05) is 48.5 Å². The van der Waals surface area contributed by atoms with Gasteiger partial charge in [0.2, 0.25) is 0 Å². The summed E-state index contributed by atoms with van der Waals surface area (Å²) in [6, 6.07) is 21.7. The quantitative estimate of drug-likeness (QED) is 0.594. The molecule has 3 aromatic rings. The van der Waals surface area contributed by atoms with Crippen LogP contribution in [0.25, 0.3) is 11.1 Å². The van der Waals surface area contributed by atoms with Gasteiger partial charge in [0.05, 0.1) is 6.54 Å². The van der Waals surface area contributed by atoms with Crippen LogP contribution in [0.1, 0.15) is 20.8 Å². The monoisotopic (exact) mass is 374 g/mol. The van der Waals surface area contributed by atoms with Crippen LogP contribution in [0, 0.1) is 0 Å². The molecule has 0 unspecified atom stereocenters. The number of carbonyl (C=O) groups is 3. The van der Waals surface area contributed by atoms with Crippen molar-refractivity contribution in [1.29, 1.82) is 0 Å². The minimum atomic E-state index is -0.557. The van der Waals surface area contributed by atoms with Crippen LogP contribution < -0.4 is 16.2 Å². The fourth-order valence-electron chi connectivity index (χ4n) is 2.44. The summed E-state index contributed by atoms with van der Waals surface area (Å²) in [6.45, 7) is -0.276. The van der Waals surface area contributed by atoms with E-state index in [1.165, 1.54) is 12.3 Å². The standard InChI is InChI=1S/C21H18N4O3/c26-19(24-25-21(28)18-8-4-5-13-22-18)14-23-20(27)17-11-9-16(10-12-17)15-6-2-1-3-7-15/h1-13H,14H2,(H,23,27)(H,24,26)(H,25,28). The van der Waals surface area contributed by atoms with Gasteiger partial charge >= 0.3 is 0 Å². The minimum absolute atomic E-state index is 0.172. The molecular formula is C21H18N4O3. The molecule has 0 aliphatic heterocycles. The van der Waals surface area contributed by atoms with Crippen LogP contribution in [0.2, 0.25) is 0 Å². The number of pyridine rings is 1. The summed E-state index contributed by atoms with van der Waals surface area (Å²) < 4.78 is 0. The largest absolute Gasteiger partial charge is 0.343 e. The molecule has 0 atom stereocenters. The maximum atomic E-state index is 12.2. The highest BCUT2D eigenvalue weighted by Crippen LogP contribution is 2.19. The Morgan fingerprint density at radius 3 is 2.07 bits per heavy atom. The Balaban J connectivity index is 1.47. The zero-order chi connectivity index (χ0) is 19.8. The first kappa shape index (κ1) is 18.8. The zero-order valence-corrected chi connectivity index (χ0v) is 14.9. The number of nitrogens with zero attached hydrogens (tertiary/aromatic N) is 1. The molecule has 28 heavy (non-hydrogen) atoms. The molecule has 0 aliphatic carbocycles. The predicted octanol–water partition coefficient (Wildman–Crippen LogP) is 1.94. The Hall–Kier alpha value is -4.00. The van der Waals surface area contributed by atoms with E-state index >= 15 is 0 Å². The van der Waals surface area contributed by atoms with Crippen molar-refractivity contribution in [1.82, 2.24) is 21.2 Å². The van der Waals surface area contributed by atoms with Crippen molar-refractivity contribution >= 4 is 17.7 Å². The highest BCUT2D eigenvalue weighted by Gasteiger charge is 2.10.